The molecule has 4 aromatic rings. The van der Waals surface area contributed by atoms with Gasteiger partial charge in [0.15, 0.2) is 12.1 Å². The summed E-state index contributed by atoms with van der Waals surface area (Å²) in [6.07, 6.45) is 1.30. The van der Waals surface area contributed by atoms with E-state index < -0.39 is 18.3 Å². The molecule has 0 atom stereocenters. The van der Waals surface area contributed by atoms with Gasteiger partial charge in [-0.05, 0) is 29.3 Å². The molecule has 158 valence electrons. The molecule has 0 radical (unpaired) electrons. The van der Waals surface area contributed by atoms with Gasteiger partial charge in [0.1, 0.15) is 5.82 Å². The third-order valence-electron chi connectivity index (χ3n) is 5.31. The van der Waals surface area contributed by atoms with E-state index in [2.05, 4.69) is 20.4 Å². The Morgan fingerprint density at radius 3 is 2.58 bits per heavy atom. The molecule has 5 rings (SSSR count). The lowest BCUT2D eigenvalue weighted by atomic mass is 10.00. The number of anilines is 1. The monoisotopic (exact) mass is 444 g/mol. The molecule has 0 saturated carbocycles. The third-order valence-corrected chi connectivity index (χ3v) is 5.61. The lowest BCUT2D eigenvalue weighted by Gasteiger charge is -2.35. The standard InChI is InChI=1S/C21H16ClF3N6/c22-14-7-8-15-17(19(14)30-10-4-9-21(24,25)11-30)18(23)16(13-5-2-1-3-6-13)20(28-15)31-27-12-26-29-31/h1-3,5-8,12H,4,9-11H2. The van der Waals surface area contributed by atoms with Crippen molar-refractivity contribution in [2.75, 3.05) is 18.0 Å². The van der Waals surface area contributed by atoms with Crippen LogP contribution in [0.5, 0.6) is 0 Å². The Kier molecular flexibility index (Phi) is 4.77. The first-order valence-electron chi connectivity index (χ1n) is 9.68. The van der Waals surface area contributed by atoms with Gasteiger partial charge in [-0.15, -0.1) is 15.0 Å². The summed E-state index contributed by atoms with van der Waals surface area (Å²) >= 11 is 6.42. The number of rotatable bonds is 3. The van der Waals surface area contributed by atoms with Gasteiger partial charge in [-0.25, -0.2) is 18.2 Å². The molecule has 0 unspecified atom stereocenters. The SMILES string of the molecule is Fc1c(-c2ccccc2)c(-n2ncnn2)nc2ccc(Cl)c(N3CCCC(F)(F)C3)c12. The molecule has 2 aromatic carbocycles. The van der Waals surface area contributed by atoms with Gasteiger partial charge in [0.2, 0.25) is 0 Å². The van der Waals surface area contributed by atoms with E-state index >= 15 is 4.39 Å². The molecule has 1 fully saturated rings. The molecule has 2 aromatic heterocycles. The van der Waals surface area contributed by atoms with E-state index in [1.807, 2.05) is 0 Å². The Morgan fingerprint density at radius 2 is 1.87 bits per heavy atom. The number of benzene rings is 2. The Bertz CT molecular complexity index is 1250. The highest BCUT2D eigenvalue weighted by Crippen LogP contribution is 2.42. The number of hydrogen-bond donors (Lipinski definition) is 0. The summed E-state index contributed by atoms with van der Waals surface area (Å²) in [7, 11) is 0. The van der Waals surface area contributed by atoms with Crippen LogP contribution in [0, 0.1) is 5.82 Å². The molecule has 0 aliphatic carbocycles. The van der Waals surface area contributed by atoms with E-state index in [4.69, 9.17) is 11.6 Å². The number of piperidine rings is 1. The van der Waals surface area contributed by atoms with Crippen molar-refractivity contribution in [1.29, 1.82) is 0 Å². The van der Waals surface area contributed by atoms with E-state index in [9.17, 15) is 8.78 Å². The van der Waals surface area contributed by atoms with Crippen LogP contribution in [0.25, 0.3) is 27.8 Å². The first-order chi connectivity index (χ1) is 14.9. The number of fused-ring (bicyclic) bond motifs is 1. The zero-order valence-corrected chi connectivity index (χ0v) is 16.9. The van der Waals surface area contributed by atoms with E-state index in [1.165, 1.54) is 11.2 Å². The van der Waals surface area contributed by atoms with Crippen LogP contribution in [0.2, 0.25) is 5.02 Å². The van der Waals surface area contributed by atoms with Gasteiger partial charge in [-0.3, -0.25) is 0 Å². The Hall–Kier alpha value is -3.20. The van der Waals surface area contributed by atoms with E-state index in [-0.39, 0.29) is 45.8 Å². The first-order valence-corrected chi connectivity index (χ1v) is 10.1. The molecule has 0 amide bonds. The van der Waals surface area contributed by atoms with Crippen molar-refractivity contribution in [3.05, 3.63) is 59.6 Å². The van der Waals surface area contributed by atoms with Crippen molar-refractivity contribution in [3.8, 4) is 16.9 Å². The minimum atomic E-state index is -2.87. The number of tetrazole rings is 1. The summed E-state index contributed by atoms with van der Waals surface area (Å²) in [5.74, 6) is -3.36. The van der Waals surface area contributed by atoms with Crippen LogP contribution in [-0.2, 0) is 0 Å². The highest BCUT2D eigenvalue weighted by atomic mass is 35.5. The predicted octanol–water partition coefficient (Wildman–Crippen LogP) is 4.91. The number of hydrogen-bond acceptors (Lipinski definition) is 5. The average Bonchev–Trinajstić information content (AvgIpc) is 3.28. The quantitative estimate of drug-likeness (QED) is 0.449. The number of aromatic nitrogens is 5. The fraction of sp³-hybridized carbons (Fsp3) is 0.238. The number of pyridine rings is 1. The molecule has 1 aliphatic rings. The Labute approximate surface area is 180 Å². The van der Waals surface area contributed by atoms with Gasteiger partial charge in [-0.2, -0.15) is 0 Å². The normalized spacial score (nSPS) is 16.1. The van der Waals surface area contributed by atoms with Crippen molar-refractivity contribution in [2.24, 2.45) is 0 Å². The molecule has 0 spiro atoms. The lowest BCUT2D eigenvalue weighted by molar-refractivity contribution is -0.0116. The minimum absolute atomic E-state index is 0.0907. The molecule has 10 heteroatoms. The first kappa shape index (κ1) is 19.7. The van der Waals surface area contributed by atoms with Gasteiger partial charge in [0.25, 0.3) is 5.92 Å². The fourth-order valence-corrected chi connectivity index (χ4v) is 4.27. The van der Waals surface area contributed by atoms with Gasteiger partial charge < -0.3 is 4.90 Å². The molecule has 31 heavy (non-hydrogen) atoms. The van der Waals surface area contributed by atoms with Crippen LogP contribution < -0.4 is 4.90 Å². The van der Waals surface area contributed by atoms with E-state index in [0.29, 0.717) is 12.1 Å². The van der Waals surface area contributed by atoms with Crippen LogP contribution in [-0.4, -0.2) is 44.2 Å². The predicted molar refractivity (Wildman–Crippen MR) is 111 cm³/mol. The second kappa shape index (κ2) is 7.49. The summed E-state index contributed by atoms with van der Waals surface area (Å²) in [6.45, 7) is -0.181. The highest BCUT2D eigenvalue weighted by molar-refractivity contribution is 6.35. The van der Waals surface area contributed by atoms with Crippen molar-refractivity contribution in [1.82, 2.24) is 25.2 Å². The van der Waals surface area contributed by atoms with Crippen molar-refractivity contribution in [2.45, 2.75) is 18.8 Å². The maximum Gasteiger partial charge on any atom is 0.265 e. The number of halogens is 4. The third kappa shape index (κ3) is 3.48. The van der Waals surface area contributed by atoms with Crippen molar-refractivity contribution >= 4 is 28.2 Å². The topological polar surface area (TPSA) is 59.7 Å². The Morgan fingerprint density at radius 1 is 1.06 bits per heavy atom. The van der Waals surface area contributed by atoms with Crippen LogP contribution in [0.3, 0.4) is 0 Å². The molecule has 0 bridgehead atoms. The maximum atomic E-state index is 16.2. The van der Waals surface area contributed by atoms with Crippen LogP contribution in [0.1, 0.15) is 12.8 Å². The zero-order chi connectivity index (χ0) is 21.6. The number of alkyl halides is 2. The minimum Gasteiger partial charge on any atom is -0.364 e. The van der Waals surface area contributed by atoms with Crippen molar-refractivity contribution < 1.29 is 13.2 Å². The molecule has 0 N–H and O–H groups in total. The van der Waals surface area contributed by atoms with Crippen LogP contribution >= 0.6 is 11.6 Å². The zero-order valence-electron chi connectivity index (χ0n) is 16.1. The summed E-state index contributed by atoms with van der Waals surface area (Å²) in [6, 6.07) is 11.9. The van der Waals surface area contributed by atoms with Gasteiger partial charge in [0, 0.05) is 13.0 Å². The summed E-state index contributed by atoms with van der Waals surface area (Å²) in [5, 5.41) is 11.8. The fourth-order valence-electron chi connectivity index (χ4n) is 3.99. The second-order valence-corrected chi connectivity index (χ2v) is 7.79. The smallest absolute Gasteiger partial charge is 0.265 e. The summed E-state index contributed by atoms with van der Waals surface area (Å²) < 4.78 is 44.5. The summed E-state index contributed by atoms with van der Waals surface area (Å²) in [5.41, 5.74) is 1.16. The molecular formula is C21H16ClF3N6. The van der Waals surface area contributed by atoms with Crippen LogP contribution in [0.15, 0.2) is 48.8 Å². The molecule has 1 saturated heterocycles. The van der Waals surface area contributed by atoms with Gasteiger partial charge >= 0.3 is 0 Å². The van der Waals surface area contributed by atoms with Gasteiger partial charge in [0.05, 0.1) is 33.7 Å². The largest absolute Gasteiger partial charge is 0.364 e. The Balaban J connectivity index is 1.82. The molecular weight excluding hydrogens is 429 g/mol. The molecule has 1 aliphatic heterocycles. The molecule has 3 heterocycles. The highest BCUT2D eigenvalue weighted by Gasteiger charge is 2.37. The van der Waals surface area contributed by atoms with Gasteiger partial charge in [-0.1, -0.05) is 41.9 Å². The van der Waals surface area contributed by atoms with E-state index in [1.54, 1.807) is 42.5 Å². The van der Waals surface area contributed by atoms with Crippen LogP contribution in [0.4, 0.5) is 18.9 Å². The van der Waals surface area contributed by atoms with Crippen molar-refractivity contribution in [3.63, 3.8) is 0 Å². The average molecular weight is 445 g/mol. The molecule has 6 nitrogen and oxygen atoms in total. The lowest BCUT2D eigenvalue weighted by Crippen LogP contribution is -2.42. The summed E-state index contributed by atoms with van der Waals surface area (Å²) in [4.78, 5) is 7.15. The number of nitrogens with zero attached hydrogens (tertiary/aromatic N) is 6. The second-order valence-electron chi connectivity index (χ2n) is 7.39. The van der Waals surface area contributed by atoms with E-state index in [0.717, 1.165) is 4.80 Å². The maximum absolute atomic E-state index is 16.2.